The second-order valence-electron chi connectivity index (χ2n) is 7.34. The largest absolute Gasteiger partial charge is 0.481 e. The molecule has 2 rings (SSSR count). The smallest absolute Gasteiger partial charge is 0.379 e. The molecule has 0 fully saturated rings. The Morgan fingerprint density at radius 1 is 1.06 bits per heavy atom. The average Bonchev–Trinajstić information content (AvgIpc) is 2.74. The average molecular weight is 478 g/mol. The predicted octanol–water partition coefficient (Wildman–Crippen LogP) is 5.03. The number of carboxylic acid groups (broad SMARTS) is 1. The fraction of sp³-hybridized carbons (Fsp3) is 0.364. The molecule has 0 spiro atoms. The molecule has 0 heterocycles. The summed E-state index contributed by atoms with van der Waals surface area (Å²) in [7, 11) is -3.58. The summed E-state index contributed by atoms with van der Waals surface area (Å²) < 4.78 is 24.6. The van der Waals surface area contributed by atoms with Gasteiger partial charge in [-0.05, 0) is 49.1 Å². The van der Waals surface area contributed by atoms with Crippen LogP contribution >= 0.6 is 7.60 Å². The van der Waals surface area contributed by atoms with E-state index in [1.807, 2.05) is 12.1 Å². The Hall–Kier alpha value is -3.23. The zero-order chi connectivity index (χ0) is 24.3. The Kier molecular flexibility index (Phi) is 10.0. The molecule has 0 saturated heterocycles. The van der Waals surface area contributed by atoms with Gasteiger partial charge < -0.3 is 14.9 Å². The van der Waals surface area contributed by atoms with Gasteiger partial charge in [0.05, 0.1) is 17.7 Å². The van der Waals surface area contributed by atoms with Crippen LogP contribution in [0.25, 0.3) is 0 Å². The number of hydrogen-bond donors (Lipinski definition) is 2. The molecule has 0 aliphatic rings. The number of nitrogens with one attached hydrogen (secondary N) is 1. The molecular weight excluding hydrogens is 451 g/mol. The van der Waals surface area contributed by atoms with Gasteiger partial charge in [-0.25, -0.2) is 4.57 Å². The fourth-order valence-electron chi connectivity index (χ4n) is 2.94. The Labute approximate surface area is 191 Å². The van der Waals surface area contributed by atoms with Gasteiger partial charge in [0.2, 0.25) is 5.91 Å². The van der Waals surface area contributed by atoms with E-state index in [4.69, 9.17) is 14.2 Å². The number of benzene rings is 2. The van der Waals surface area contributed by atoms with Crippen LogP contribution in [0.5, 0.6) is 5.75 Å². The van der Waals surface area contributed by atoms with Crippen LogP contribution in [-0.2, 0) is 25.1 Å². The number of aliphatic carboxylic acids is 1. The summed E-state index contributed by atoms with van der Waals surface area (Å²) in [6, 6.07) is 12.4. The van der Waals surface area contributed by atoms with Crippen molar-refractivity contribution < 1.29 is 33.2 Å². The van der Waals surface area contributed by atoms with Crippen LogP contribution < -0.4 is 9.84 Å². The lowest BCUT2D eigenvalue weighted by molar-refractivity contribution is -0.384. The standard InChI is InChI=1S/C22H27N2O8P/c1-17(25)23-19-8-6-18(7-9-19)14-15-31-33(30,16-4-2-3-5-22(26)27)32-21-12-10-20(11-13-21)24(28)29/h6-13H,2-5,14-16H2,1H3,(H,23,25)(H,26,27). The van der Waals surface area contributed by atoms with Crippen LogP contribution in [-0.4, -0.2) is 34.7 Å². The van der Waals surface area contributed by atoms with E-state index in [-0.39, 0.29) is 36.5 Å². The van der Waals surface area contributed by atoms with Gasteiger partial charge in [0, 0.05) is 31.2 Å². The second-order valence-corrected chi connectivity index (χ2v) is 9.45. The number of rotatable bonds is 14. The first-order valence-corrected chi connectivity index (χ1v) is 12.2. The molecular formula is C22H27N2O8P. The van der Waals surface area contributed by atoms with Crippen LogP contribution in [0.15, 0.2) is 48.5 Å². The third-order valence-electron chi connectivity index (χ3n) is 4.57. The van der Waals surface area contributed by atoms with Crippen molar-refractivity contribution in [3.63, 3.8) is 0 Å². The van der Waals surface area contributed by atoms with Crippen molar-refractivity contribution in [2.24, 2.45) is 0 Å². The summed E-state index contributed by atoms with van der Waals surface area (Å²) in [5.41, 5.74) is 1.46. The molecule has 2 aromatic rings. The number of non-ortho nitro benzene ring substituents is 1. The van der Waals surface area contributed by atoms with Crippen molar-refractivity contribution >= 4 is 30.8 Å². The molecule has 1 amide bonds. The van der Waals surface area contributed by atoms with E-state index in [1.54, 1.807) is 12.1 Å². The van der Waals surface area contributed by atoms with Crippen LogP contribution in [0, 0.1) is 10.1 Å². The molecule has 1 unspecified atom stereocenters. The Morgan fingerprint density at radius 3 is 2.30 bits per heavy atom. The van der Waals surface area contributed by atoms with Crippen LogP contribution in [0.2, 0.25) is 0 Å². The number of nitrogens with zero attached hydrogens (tertiary/aromatic N) is 1. The van der Waals surface area contributed by atoms with Gasteiger partial charge in [0.15, 0.2) is 0 Å². The first-order valence-electron chi connectivity index (χ1n) is 10.4. The second kappa shape index (κ2) is 12.7. The minimum Gasteiger partial charge on any atom is -0.481 e. The molecule has 0 aliphatic carbocycles. The highest BCUT2D eigenvalue weighted by Gasteiger charge is 2.26. The lowest BCUT2D eigenvalue weighted by Gasteiger charge is -2.19. The van der Waals surface area contributed by atoms with Crippen LogP contribution in [0.1, 0.15) is 38.2 Å². The van der Waals surface area contributed by atoms with Crippen LogP contribution in [0.4, 0.5) is 11.4 Å². The van der Waals surface area contributed by atoms with Crippen molar-refractivity contribution in [1.82, 2.24) is 0 Å². The minimum absolute atomic E-state index is 0.0306. The maximum atomic E-state index is 13.3. The zero-order valence-electron chi connectivity index (χ0n) is 18.3. The van der Waals surface area contributed by atoms with Crippen molar-refractivity contribution in [3.05, 3.63) is 64.2 Å². The van der Waals surface area contributed by atoms with E-state index in [2.05, 4.69) is 5.32 Å². The molecule has 10 nitrogen and oxygen atoms in total. The summed E-state index contributed by atoms with van der Waals surface area (Å²) in [6.45, 7) is 1.53. The molecule has 0 aromatic heterocycles. The number of anilines is 1. The van der Waals surface area contributed by atoms with E-state index in [0.717, 1.165) is 5.56 Å². The number of unbranched alkanes of at least 4 members (excludes halogenated alkanes) is 2. The highest BCUT2D eigenvalue weighted by Crippen LogP contribution is 2.49. The van der Waals surface area contributed by atoms with Gasteiger partial charge in [0.25, 0.3) is 5.69 Å². The highest BCUT2D eigenvalue weighted by atomic mass is 31.2. The van der Waals surface area contributed by atoms with Crippen molar-refractivity contribution in [2.45, 2.75) is 39.0 Å². The van der Waals surface area contributed by atoms with Gasteiger partial charge in [-0.15, -0.1) is 0 Å². The lowest BCUT2D eigenvalue weighted by Crippen LogP contribution is -2.07. The molecule has 2 N–H and O–H groups in total. The third kappa shape index (κ3) is 9.84. The number of nitro benzene ring substituents is 1. The van der Waals surface area contributed by atoms with Gasteiger partial charge in [-0.1, -0.05) is 18.6 Å². The summed E-state index contributed by atoms with van der Waals surface area (Å²) >= 11 is 0. The molecule has 11 heteroatoms. The SMILES string of the molecule is CC(=O)Nc1ccc(CCOP(=O)(CCCCCC(=O)O)Oc2ccc([N+](=O)[O-])cc2)cc1. The maximum Gasteiger partial charge on any atom is 0.379 e. The number of carbonyl (C=O) groups excluding carboxylic acids is 1. The Balaban J connectivity index is 1.98. The molecule has 0 bridgehead atoms. The van der Waals surface area contributed by atoms with Gasteiger partial charge in [-0.2, -0.15) is 0 Å². The normalized spacial score (nSPS) is 12.5. The molecule has 0 radical (unpaired) electrons. The fourth-order valence-corrected chi connectivity index (χ4v) is 4.64. The van der Waals surface area contributed by atoms with Crippen molar-refractivity contribution in [3.8, 4) is 5.75 Å². The molecule has 0 saturated carbocycles. The number of carboxylic acids is 1. The van der Waals surface area contributed by atoms with Crippen molar-refractivity contribution in [2.75, 3.05) is 18.1 Å². The van der Waals surface area contributed by atoms with Crippen LogP contribution in [0.3, 0.4) is 0 Å². The summed E-state index contributed by atoms with van der Waals surface area (Å²) in [6.07, 6.45) is 2.02. The molecule has 178 valence electrons. The maximum absolute atomic E-state index is 13.3. The number of amides is 1. The number of carbonyl (C=O) groups is 2. The quantitative estimate of drug-likeness (QED) is 0.166. The lowest BCUT2D eigenvalue weighted by atomic mass is 10.1. The summed E-state index contributed by atoms with van der Waals surface area (Å²) in [5, 5.41) is 22.2. The first kappa shape index (κ1) is 26.0. The zero-order valence-corrected chi connectivity index (χ0v) is 19.2. The molecule has 1 atom stereocenters. The molecule has 0 aliphatic heterocycles. The van der Waals surface area contributed by atoms with E-state index in [0.29, 0.717) is 31.4 Å². The van der Waals surface area contributed by atoms with Gasteiger partial charge in [-0.3, -0.25) is 24.2 Å². The monoisotopic (exact) mass is 478 g/mol. The van der Waals surface area contributed by atoms with E-state index in [9.17, 15) is 24.3 Å². The molecule has 2 aromatic carbocycles. The number of nitro groups is 1. The molecule has 33 heavy (non-hydrogen) atoms. The van der Waals surface area contributed by atoms with Gasteiger partial charge >= 0.3 is 13.6 Å². The first-order chi connectivity index (χ1) is 15.7. The Morgan fingerprint density at radius 2 is 1.73 bits per heavy atom. The topological polar surface area (TPSA) is 145 Å². The highest BCUT2D eigenvalue weighted by molar-refractivity contribution is 7.54. The van der Waals surface area contributed by atoms with E-state index in [1.165, 1.54) is 31.2 Å². The van der Waals surface area contributed by atoms with E-state index < -0.39 is 18.5 Å². The number of hydrogen-bond acceptors (Lipinski definition) is 7. The minimum atomic E-state index is -3.58. The Bertz CT molecular complexity index is 992. The van der Waals surface area contributed by atoms with Gasteiger partial charge in [0.1, 0.15) is 5.75 Å². The predicted molar refractivity (Wildman–Crippen MR) is 123 cm³/mol. The van der Waals surface area contributed by atoms with Crippen molar-refractivity contribution in [1.29, 1.82) is 0 Å². The third-order valence-corrected chi connectivity index (χ3v) is 6.50. The summed E-state index contributed by atoms with van der Waals surface area (Å²) in [4.78, 5) is 32.0. The summed E-state index contributed by atoms with van der Waals surface area (Å²) in [5.74, 6) is -0.867. The van der Waals surface area contributed by atoms with E-state index >= 15 is 0 Å².